The molecule has 1 aromatic rings. The van der Waals surface area contributed by atoms with Gasteiger partial charge in [-0.3, -0.25) is 0 Å². The molecule has 0 saturated heterocycles. The first-order valence-electron chi connectivity index (χ1n) is 3.47. The molecule has 11 heavy (non-hydrogen) atoms. The van der Waals surface area contributed by atoms with Gasteiger partial charge in [0.15, 0.2) is 0 Å². The minimum absolute atomic E-state index is 1.00. The van der Waals surface area contributed by atoms with Crippen LogP contribution in [0.5, 0.6) is 5.75 Å². The molecule has 1 aromatic carbocycles. The molecular formula is C9H12OS. The van der Waals surface area contributed by atoms with Gasteiger partial charge in [-0.25, -0.2) is 0 Å². The number of aryl methyl sites for hydroxylation is 1. The molecule has 0 aliphatic carbocycles. The molecule has 2 heteroatoms. The van der Waals surface area contributed by atoms with Gasteiger partial charge in [-0.05, 0) is 24.8 Å². The normalized spacial score (nSPS) is 9.73. The van der Waals surface area contributed by atoms with Crippen molar-refractivity contribution in [2.24, 2.45) is 0 Å². The molecule has 60 valence electrons. The third-order valence-corrected chi connectivity index (χ3v) is 2.36. The van der Waals surface area contributed by atoms with E-state index in [1.807, 2.05) is 6.07 Å². The maximum atomic E-state index is 5.25. The number of benzene rings is 1. The lowest BCUT2D eigenvalue weighted by molar-refractivity contribution is 0.401. The van der Waals surface area contributed by atoms with Gasteiger partial charge in [0, 0.05) is 4.90 Å². The van der Waals surface area contributed by atoms with E-state index in [9.17, 15) is 0 Å². The standard InChI is InChI=1S/C9H12OS/c1-7-5-4-6-8(11-3)9(7)10-2/h4-6H,1-3H3. The van der Waals surface area contributed by atoms with Gasteiger partial charge in [0.1, 0.15) is 5.75 Å². The molecule has 0 amide bonds. The summed E-state index contributed by atoms with van der Waals surface area (Å²) in [4.78, 5) is 1.20. The number of thioether (sulfide) groups is 1. The summed E-state index contributed by atoms with van der Waals surface area (Å²) in [7, 11) is 1.71. The van der Waals surface area contributed by atoms with Crippen LogP contribution in [0.3, 0.4) is 0 Å². The Balaban J connectivity index is 3.13. The quantitative estimate of drug-likeness (QED) is 0.628. The zero-order chi connectivity index (χ0) is 8.27. The summed E-state index contributed by atoms with van der Waals surface area (Å²) >= 11 is 1.71. The van der Waals surface area contributed by atoms with Crippen LogP contribution < -0.4 is 4.74 Å². The van der Waals surface area contributed by atoms with Crippen molar-refractivity contribution in [2.75, 3.05) is 13.4 Å². The molecular weight excluding hydrogens is 156 g/mol. The van der Waals surface area contributed by atoms with E-state index in [1.54, 1.807) is 18.9 Å². The Morgan fingerprint density at radius 3 is 2.55 bits per heavy atom. The van der Waals surface area contributed by atoms with Crippen LogP contribution in [-0.2, 0) is 0 Å². The Kier molecular flexibility index (Phi) is 2.83. The average molecular weight is 168 g/mol. The summed E-state index contributed by atoms with van der Waals surface area (Å²) in [5.74, 6) is 1.00. The number of ether oxygens (including phenoxy) is 1. The maximum Gasteiger partial charge on any atom is 0.135 e. The molecule has 0 atom stereocenters. The highest BCUT2D eigenvalue weighted by Gasteiger charge is 2.02. The van der Waals surface area contributed by atoms with Crippen molar-refractivity contribution in [1.29, 1.82) is 0 Å². The van der Waals surface area contributed by atoms with Gasteiger partial charge in [-0.15, -0.1) is 11.8 Å². The van der Waals surface area contributed by atoms with Crippen molar-refractivity contribution >= 4 is 11.8 Å². The van der Waals surface area contributed by atoms with Crippen molar-refractivity contribution < 1.29 is 4.74 Å². The van der Waals surface area contributed by atoms with Crippen LogP contribution in [0.15, 0.2) is 23.1 Å². The fourth-order valence-electron chi connectivity index (χ4n) is 1.05. The Morgan fingerprint density at radius 2 is 2.09 bits per heavy atom. The maximum absolute atomic E-state index is 5.25. The van der Waals surface area contributed by atoms with Crippen LogP contribution in [0.25, 0.3) is 0 Å². The molecule has 0 unspecified atom stereocenters. The highest BCUT2D eigenvalue weighted by atomic mass is 32.2. The zero-order valence-corrected chi connectivity index (χ0v) is 7.87. The lowest BCUT2D eigenvalue weighted by atomic mass is 10.2. The molecule has 0 N–H and O–H groups in total. The van der Waals surface area contributed by atoms with Crippen molar-refractivity contribution in [3.05, 3.63) is 23.8 Å². The van der Waals surface area contributed by atoms with Crippen molar-refractivity contribution in [3.8, 4) is 5.75 Å². The fraction of sp³-hybridized carbons (Fsp3) is 0.333. The van der Waals surface area contributed by atoms with E-state index in [0.717, 1.165) is 5.75 Å². The molecule has 0 aromatic heterocycles. The van der Waals surface area contributed by atoms with E-state index < -0.39 is 0 Å². The number of hydrogen-bond donors (Lipinski definition) is 0. The molecule has 0 aliphatic rings. The highest BCUT2D eigenvalue weighted by Crippen LogP contribution is 2.29. The number of hydrogen-bond acceptors (Lipinski definition) is 2. The van der Waals surface area contributed by atoms with Gasteiger partial charge in [-0.1, -0.05) is 12.1 Å². The molecule has 0 aliphatic heterocycles. The van der Waals surface area contributed by atoms with Crippen LogP contribution in [0.4, 0.5) is 0 Å². The molecule has 1 nitrogen and oxygen atoms in total. The summed E-state index contributed by atoms with van der Waals surface area (Å²) in [5.41, 5.74) is 1.19. The van der Waals surface area contributed by atoms with E-state index in [1.165, 1.54) is 10.5 Å². The summed E-state index contributed by atoms with van der Waals surface area (Å²) in [6.07, 6.45) is 2.05. The summed E-state index contributed by atoms with van der Waals surface area (Å²) in [5, 5.41) is 0. The molecule has 0 saturated carbocycles. The molecule has 0 fully saturated rings. The second kappa shape index (κ2) is 3.67. The third kappa shape index (κ3) is 1.69. The lowest BCUT2D eigenvalue weighted by Gasteiger charge is -2.07. The van der Waals surface area contributed by atoms with Gasteiger partial charge in [0.25, 0.3) is 0 Å². The van der Waals surface area contributed by atoms with E-state index >= 15 is 0 Å². The molecule has 1 rings (SSSR count). The van der Waals surface area contributed by atoms with Gasteiger partial charge < -0.3 is 4.74 Å². The summed E-state index contributed by atoms with van der Waals surface area (Å²) in [6, 6.07) is 6.17. The van der Waals surface area contributed by atoms with Crippen molar-refractivity contribution in [1.82, 2.24) is 0 Å². The van der Waals surface area contributed by atoms with E-state index in [2.05, 4.69) is 25.3 Å². The SMILES string of the molecule is COc1c(C)cccc1SC. The van der Waals surface area contributed by atoms with Gasteiger partial charge in [0.05, 0.1) is 7.11 Å². The van der Waals surface area contributed by atoms with Crippen LogP contribution in [0.1, 0.15) is 5.56 Å². The molecule has 0 radical (unpaired) electrons. The number of rotatable bonds is 2. The molecule has 0 spiro atoms. The fourth-order valence-corrected chi connectivity index (χ4v) is 1.69. The van der Waals surface area contributed by atoms with Gasteiger partial charge in [-0.2, -0.15) is 0 Å². The van der Waals surface area contributed by atoms with Crippen LogP contribution in [-0.4, -0.2) is 13.4 Å². The van der Waals surface area contributed by atoms with Crippen LogP contribution in [0.2, 0.25) is 0 Å². The zero-order valence-electron chi connectivity index (χ0n) is 7.05. The first-order chi connectivity index (χ1) is 5.29. The second-order valence-corrected chi connectivity index (χ2v) is 3.16. The monoisotopic (exact) mass is 168 g/mol. The van der Waals surface area contributed by atoms with E-state index in [-0.39, 0.29) is 0 Å². The first kappa shape index (κ1) is 8.47. The Hall–Kier alpha value is -0.630. The van der Waals surface area contributed by atoms with Crippen LogP contribution >= 0.6 is 11.8 Å². The second-order valence-electron chi connectivity index (χ2n) is 2.31. The number of para-hydroxylation sites is 1. The van der Waals surface area contributed by atoms with E-state index in [0.29, 0.717) is 0 Å². The largest absolute Gasteiger partial charge is 0.495 e. The van der Waals surface area contributed by atoms with Crippen molar-refractivity contribution in [3.63, 3.8) is 0 Å². The van der Waals surface area contributed by atoms with Crippen LogP contribution in [0, 0.1) is 6.92 Å². The Bertz CT molecular complexity index is 245. The summed E-state index contributed by atoms with van der Waals surface area (Å²) < 4.78 is 5.25. The molecule has 0 bridgehead atoms. The minimum atomic E-state index is 1.00. The number of methoxy groups -OCH3 is 1. The predicted octanol–water partition coefficient (Wildman–Crippen LogP) is 2.73. The Labute approximate surface area is 71.8 Å². The van der Waals surface area contributed by atoms with Gasteiger partial charge in [0.2, 0.25) is 0 Å². The third-order valence-electron chi connectivity index (χ3n) is 1.60. The minimum Gasteiger partial charge on any atom is -0.495 e. The molecule has 0 heterocycles. The highest BCUT2D eigenvalue weighted by molar-refractivity contribution is 7.98. The van der Waals surface area contributed by atoms with Gasteiger partial charge >= 0.3 is 0 Å². The lowest BCUT2D eigenvalue weighted by Crippen LogP contribution is -1.88. The smallest absolute Gasteiger partial charge is 0.135 e. The summed E-state index contributed by atoms with van der Waals surface area (Å²) in [6.45, 7) is 2.05. The average Bonchev–Trinajstić information content (AvgIpc) is 2.04. The Morgan fingerprint density at radius 1 is 1.36 bits per heavy atom. The predicted molar refractivity (Wildman–Crippen MR) is 49.5 cm³/mol. The first-order valence-corrected chi connectivity index (χ1v) is 4.69. The van der Waals surface area contributed by atoms with Crippen molar-refractivity contribution in [2.45, 2.75) is 11.8 Å². The topological polar surface area (TPSA) is 9.23 Å². The van der Waals surface area contributed by atoms with E-state index in [4.69, 9.17) is 4.74 Å².